The summed E-state index contributed by atoms with van der Waals surface area (Å²) in [6.07, 6.45) is 0.542. The number of hydrogen-bond acceptors (Lipinski definition) is 5. The van der Waals surface area contributed by atoms with Crippen molar-refractivity contribution in [3.63, 3.8) is 0 Å². The van der Waals surface area contributed by atoms with Gasteiger partial charge < -0.3 is 9.80 Å². The van der Waals surface area contributed by atoms with Gasteiger partial charge in [0.1, 0.15) is 0 Å². The minimum Gasteiger partial charge on any atom is -0.369 e. The maximum atomic E-state index is 12.8. The third-order valence-corrected chi connectivity index (χ3v) is 7.48. The van der Waals surface area contributed by atoms with Gasteiger partial charge in [-0.05, 0) is 31.5 Å². The number of anilines is 1. The molecule has 0 spiro atoms. The fourth-order valence-corrected chi connectivity index (χ4v) is 5.71. The summed E-state index contributed by atoms with van der Waals surface area (Å²) in [4.78, 5) is 18.9. The molecule has 26 heavy (non-hydrogen) atoms. The van der Waals surface area contributed by atoms with Gasteiger partial charge in [-0.3, -0.25) is 9.69 Å². The summed E-state index contributed by atoms with van der Waals surface area (Å²) in [7, 11) is -1.26. The van der Waals surface area contributed by atoms with Crippen molar-refractivity contribution >= 4 is 33.0 Å². The number of piperazine rings is 1. The lowest BCUT2D eigenvalue weighted by molar-refractivity contribution is -0.136. The molecule has 2 atom stereocenters. The second kappa shape index (κ2) is 7.74. The Labute approximate surface area is 160 Å². The van der Waals surface area contributed by atoms with E-state index >= 15 is 0 Å². The minimum absolute atomic E-state index is 0.00306. The monoisotopic (exact) mass is 399 g/mol. The van der Waals surface area contributed by atoms with E-state index in [9.17, 15) is 13.2 Å². The maximum Gasteiger partial charge on any atom is 0.239 e. The lowest BCUT2D eigenvalue weighted by atomic mass is 10.1. The van der Waals surface area contributed by atoms with Crippen LogP contribution in [0.15, 0.2) is 24.3 Å². The number of likely N-dealkylation sites (N-methyl/N-ethyl adjacent to an activating group) is 1. The molecule has 0 radical (unpaired) electrons. The Kier molecular flexibility index (Phi) is 5.79. The maximum absolute atomic E-state index is 12.8. The lowest BCUT2D eigenvalue weighted by Gasteiger charge is -2.40. The van der Waals surface area contributed by atoms with E-state index in [1.54, 1.807) is 11.9 Å². The molecule has 2 heterocycles. The van der Waals surface area contributed by atoms with Crippen molar-refractivity contribution in [1.29, 1.82) is 0 Å². The normalized spacial score (nSPS) is 24.4. The summed E-state index contributed by atoms with van der Waals surface area (Å²) in [6.45, 7) is 5.16. The van der Waals surface area contributed by atoms with E-state index in [0.717, 1.165) is 36.9 Å². The van der Waals surface area contributed by atoms with Crippen LogP contribution in [0.2, 0.25) is 5.02 Å². The zero-order chi connectivity index (χ0) is 18.9. The highest BCUT2D eigenvalue weighted by Crippen LogP contribution is 2.22. The number of amides is 1. The predicted octanol–water partition coefficient (Wildman–Crippen LogP) is 1.50. The first-order valence-electron chi connectivity index (χ1n) is 8.98. The molecule has 2 saturated heterocycles. The van der Waals surface area contributed by atoms with Gasteiger partial charge in [0, 0.05) is 50.0 Å². The lowest BCUT2D eigenvalue weighted by Crippen LogP contribution is -2.55. The molecular weight excluding hydrogens is 374 g/mol. The second-order valence-electron chi connectivity index (χ2n) is 7.18. The third kappa shape index (κ3) is 4.32. The fourth-order valence-electron chi connectivity index (χ4n) is 3.75. The number of rotatable bonds is 4. The average molecular weight is 400 g/mol. The number of benzene rings is 1. The van der Waals surface area contributed by atoms with Crippen LogP contribution in [0.5, 0.6) is 0 Å². The molecule has 0 N–H and O–H groups in total. The Morgan fingerprint density at radius 3 is 2.54 bits per heavy atom. The van der Waals surface area contributed by atoms with Gasteiger partial charge in [-0.1, -0.05) is 17.7 Å². The van der Waals surface area contributed by atoms with Gasteiger partial charge in [-0.2, -0.15) is 0 Å². The summed E-state index contributed by atoms with van der Waals surface area (Å²) in [5.41, 5.74) is 1.10. The fraction of sp³-hybridized carbons (Fsp3) is 0.611. The molecule has 6 nitrogen and oxygen atoms in total. The van der Waals surface area contributed by atoms with E-state index in [1.165, 1.54) is 0 Å². The summed E-state index contributed by atoms with van der Waals surface area (Å²) < 4.78 is 23.3. The first kappa shape index (κ1) is 19.5. The number of sulfone groups is 1. The van der Waals surface area contributed by atoms with Gasteiger partial charge in [0.2, 0.25) is 5.91 Å². The number of carbonyl (C=O) groups is 1. The van der Waals surface area contributed by atoms with Crippen LogP contribution < -0.4 is 4.90 Å². The molecule has 0 aliphatic carbocycles. The molecule has 0 aromatic heterocycles. The first-order chi connectivity index (χ1) is 12.3. The number of halogens is 1. The highest BCUT2D eigenvalue weighted by atomic mass is 35.5. The molecule has 0 saturated carbocycles. The van der Waals surface area contributed by atoms with Crippen LogP contribution in [0.4, 0.5) is 5.69 Å². The highest BCUT2D eigenvalue weighted by Gasteiger charge is 2.35. The van der Waals surface area contributed by atoms with Crippen LogP contribution in [0.25, 0.3) is 0 Å². The smallest absolute Gasteiger partial charge is 0.239 e. The Morgan fingerprint density at radius 2 is 1.96 bits per heavy atom. The van der Waals surface area contributed by atoms with Gasteiger partial charge in [0.15, 0.2) is 9.84 Å². The largest absolute Gasteiger partial charge is 0.369 e. The van der Waals surface area contributed by atoms with Gasteiger partial charge in [-0.15, -0.1) is 0 Å². The zero-order valence-electron chi connectivity index (χ0n) is 15.3. The first-order valence-corrected chi connectivity index (χ1v) is 11.2. The van der Waals surface area contributed by atoms with Crippen LogP contribution in [-0.4, -0.2) is 80.9 Å². The third-order valence-electron chi connectivity index (χ3n) is 5.50. The van der Waals surface area contributed by atoms with Gasteiger partial charge in [-0.25, -0.2) is 8.42 Å². The van der Waals surface area contributed by atoms with Gasteiger partial charge in [0.05, 0.1) is 17.5 Å². The topological polar surface area (TPSA) is 60.9 Å². The quantitative estimate of drug-likeness (QED) is 0.767. The Hall–Kier alpha value is -1.31. The van der Waals surface area contributed by atoms with Gasteiger partial charge >= 0.3 is 0 Å². The zero-order valence-corrected chi connectivity index (χ0v) is 16.8. The summed E-state index contributed by atoms with van der Waals surface area (Å²) in [5, 5.41) is 0.724. The SMILES string of the molecule is C[C@@H](C(=O)N(C)[C@H]1CCS(=O)(=O)C1)N1CCN(c2cccc(Cl)c2)CC1. The summed E-state index contributed by atoms with van der Waals surface area (Å²) in [6, 6.07) is 7.37. The molecule has 2 fully saturated rings. The molecule has 1 amide bonds. The molecule has 1 aromatic carbocycles. The molecule has 1 aromatic rings. The Balaban J connectivity index is 1.56. The second-order valence-corrected chi connectivity index (χ2v) is 9.85. The van der Waals surface area contributed by atoms with Crippen LogP contribution in [0.1, 0.15) is 13.3 Å². The molecule has 3 rings (SSSR count). The van der Waals surface area contributed by atoms with Crippen molar-refractivity contribution in [3.8, 4) is 0 Å². The minimum atomic E-state index is -2.99. The molecule has 2 aliphatic rings. The number of nitrogens with zero attached hydrogens (tertiary/aromatic N) is 3. The molecule has 0 bridgehead atoms. The van der Waals surface area contributed by atoms with Crippen molar-refractivity contribution in [3.05, 3.63) is 29.3 Å². The number of hydrogen-bond donors (Lipinski definition) is 0. The summed E-state index contributed by atoms with van der Waals surface area (Å²) >= 11 is 6.07. The van der Waals surface area contributed by atoms with Crippen molar-refractivity contribution in [2.45, 2.75) is 25.4 Å². The Bertz CT molecular complexity index is 763. The van der Waals surface area contributed by atoms with Gasteiger partial charge in [0.25, 0.3) is 0 Å². The average Bonchev–Trinajstić information content (AvgIpc) is 3.00. The van der Waals surface area contributed by atoms with Crippen LogP contribution in [0, 0.1) is 0 Å². The molecule has 2 aliphatic heterocycles. The highest BCUT2D eigenvalue weighted by molar-refractivity contribution is 7.91. The Morgan fingerprint density at radius 1 is 1.27 bits per heavy atom. The van der Waals surface area contributed by atoms with Crippen LogP contribution in [-0.2, 0) is 14.6 Å². The van der Waals surface area contributed by atoms with E-state index in [4.69, 9.17) is 11.6 Å². The molecule has 0 unspecified atom stereocenters. The van der Waals surface area contributed by atoms with E-state index in [2.05, 4.69) is 9.80 Å². The van der Waals surface area contributed by atoms with E-state index < -0.39 is 9.84 Å². The van der Waals surface area contributed by atoms with Crippen molar-refractivity contribution in [2.75, 3.05) is 49.6 Å². The van der Waals surface area contributed by atoms with Crippen molar-refractivity contribution < 1.29 is 13.2 Å². The van der Waals surface area contributed by atoms with E-state index in [-0.39, 0.29) is 29.5 Å². The standard InChI is InChI=1S/C18H26ClN3O3S/c1-14(18(23)20(2)17-6-11-26(24,25)13-17)21-7-9-22(10-8-21)16-5-3-4-15(19)12-16/h3-5,12,14,17H,6-11,13H2,1-2H3/t14-,17-/m0/s1. The van der Waals surface area contributed by atoms with E-state index in [1.807, 2.05) is 31.2 Å². The molecule has 144 valence electrons. The van der Waals surface area contributed by atoms with Crippen LogP contribution >= 0.6 is 11.6 Å². The van der Waals surface area contributed by atoms with Crippen LogP contribution in [0.3, 0.4) is 0 Å². The van der Waals surface area contributed by atoms with Crippen molar-refractivity contribution in [1.82, 2.24) is 9.80 Å². The number of carbonyl (C=O) groups excluding carboxylic acids is 1. The summed E-state index contributed by atoms with van der Waals surface area (Å²) in [5.74, 6) is 0.273. The molecule has 8 heteroatoms. The van der Waals surface area contributed by atoms with E-state index in [0.29, 0.717) is 6.42 Å². The predicted molar refractivity (Wildman–Crippen MR) is 105 cm³/mol. The molecular formula is C18H26ClN3O3S. The van der Waals surface area contributed by atoms with Crippen molar-refractivity contribution in [2.24, 2.45) is 0 Å².